The van der Waals surface area contributed by atoms with Gasteiger partial charge in [0, 0.05) is 6.54 Å². The molecule has 15 heavy (non-hydrogen) atoms. The number of rotatable bonds is 2. The zero-order chi connectivity index (χ0) is 11.4. The Morgan fingerprint density at radius 1 is 1.47 bits per heavy atom. The van der Waals surface area contributed by atoms with Crippen molar-refractivity contribution in [3.8, 4) is 0 Å². The first-order chi connectivity index (χ1) is 7.07. The predicted molar refractivity (Wildman–Crippen MR) is 55.0 cm³/mol. The number of nitrogens with two attached hydrogens (primary N) is 1. The van der Waals surface area contributed by atoms with Crippen molar-refractivity contribution in [2.45, 2.75) is 38.3 Å². The summed E-state index contributed by atoms with van der Waals surface area (Å²) in [7, 11) is 1.34. The number of likely N-dealkylation sites (tertiary alicyclic amines) is 1. The van der Waals surface area contributed by atoms with E-state index in [4.69, 9.17) is 5.73 Å². The molecule has 1 heterocycles. The molecule has 1 amide bonds. The normalized spacial score (nSPS) is 23.4. The van der Waals surface area contributed by atoms with Crippen LogP contribution in [0.15, 0.2) is 0 Å². The van der Waals surface area contributed by atoms with E-state index in [2.05, 4.69) is 4.74 Å². The van der Waals surface area contributed by atoms with Gasteiger partial charge in [-0.15, -0.1) is 0 Å². The molecule has 2 unspecified atom stereocenters. The topological polar surface area (TPSA) is 72.6 Å². The third-order valence-electron chi connectivity index (χ3n) is 2.65. The van der Waals surface area contributed by atoms with E-state index in [0.29, 0.717) is 13.0 Å². The number of carbonyl (C=O) groups is 2. The number of ether oxygens (including phenoxy) is 1. The zero-order valence-electron chi connectivity index (χ0n) is 9.23. The monoisotopic (exact) mass is 214 g/mol. The third-order valence-corrected chi connectivity index (χ3v) is 2.65. The number of hydrogen-bond donors (Lipinski definition) is 1. The second-order valence-corrected chi connectivity index (χ2v) is 3.86. The molecule has 1 fully saturated rings. The maximum Gasteiger partial charge on any atom is 0.328 e. The number of amides is 1. The second kappa shape index (κ2) is 5.11. The van der Waals surface area contributed by atoms with Crippen molar-refractivity contribution in [2.24, 2.45) is 5.73 Å². The summed E-state index contributed by atoms with van der Waals surface area (Å²) in [4.78, 5) is 24.7. The number of esters is 1. The number of methoxy groups -OCH3 is 1. The van der Waals surface area contributed by atoms with Crippen LogP contribution in [0.5, 0.6) is 0 Å². The molecule has 86 valence electrons. The summed E-state index contributed by atoms with van der Waals surface area (Å²) in [5, 5.41) is 0. The quantitative estimate of drug-likeness (QED) is 0.651. The summed E-state index contributed by atoms with van der Waals surface area (Å²) in [6.45, 7) is 2.23. The molecule has 2 atom stereocenters. The molecule has 0 radical (unpaired) electrons. The van der Waals surface area contributed by atoms with Crippen LogP contribution in [-0.4, -0.2) is 42.5 Å². The van der Waals surface area contributed by atoms with Crippen molar-refractivity contribution in [1.29, 1.82) is 0 Å². The lowest BCUT2D eigenvalue weighted by molar-refractivity contribution is -0.155. The van der Waals surface area contributed by atoms with E-state index in [1.165, 1.54) is 7.11 Å². The fraction of sp³-hybridized carbons (Fsp3) is 0.800. The fourth-order valence-corrected chi connectivity index (χ4v) is 1.84. The average molecular weight is 214 g/mol. The minimum absolute atomic E-state index is 0.176. The van der Waals surface area contributed by atoms with E-state index in [1.807, 2.05) is 0 Å². The van der Waals surface area contributed by atoms with E-state index in [1.54, 1.807) is 11.8 Å². The van der Waals surface area contributed by atoms with E-state index >= 15 is 0 Å². The van der Waals surface area contributed by atoms with Gasteiger partial charge in [0.1, 0.15) is 6.04 Å². The Labute approximate surface area is 89.6 Å². The Bertz CT molecular complexity index is 253. The third kappa shape index (κ3) is 2.68. The molecule has 0 aromatic carbocycles. The first-order valence-electron chi connectivity index (χ1n) is 5.21. The Hall–Kier alpha value is -1.10. The van der Waals surface area contributed by atoms with Crippen molar-refractivity contribution in [2.75, 3.05) is 13.7 Å². The summed E-state index contributed by atoms with van der Waals surface area (Å²) in [5.41, 5.74) is 5.53. The van der Waals surface area contributed by atoms with Crippen LogP contribution < -0.4 is 5.73 Å². The van der Waals surface area contributed by atoms with Crippen LogP contribution in [0.1, 0.15) is 26.2 Å². The average Bonchev–Trinajstić information content (AvgIpc) is 2.27. The lowest BCUT2D eigenvalue weighted by atomic mass is 10.0. The predicted octanol–water partition coefficient (Wildman–Crippen LogP) is -0.112. The summed E-state index contributed by atoms with van der Waals surface area (Å²) >= 11 is 0. The van der Waals surface area contributed by atoms with Crippen LogP contribution in [0.4, 0.5) is 0 Å². The second-order valence-electron chi connectivity index (χ2n) is 3.86. The standard InChI is InChI=1S/C10H18N2O3/c1-7(11)9(13)12-6-4-3-5-8(12)10(14)15-2/h7-8H,3-6,11H2,1-2H3. The molecule has 1 aliphatic rings. The molecule has 1 saturated heterocycles. The SMILES string of the molecule is COC(=O)C1CCCCN1C(=O)C(C)N. The number of piperidine rings is 1. The van der Waals surface area contributed by atoms with Gasteiger partial charge in [-0.1, -0.05) is 0 Å². The first kappa shape index (κ1) is 12.0. The number of hydrogen-bond acceptors (Lipinski definition) is 4. The molecule has 5 nitrogen and oxygen atoms in total. The van der Waals surface area contributed by atoms with Gasteiger partial charge in [0.2, 0.25) is 5.91 Å². The van der Waals surface area contributed by atoms with Gasteiger partial charge < -0.3 is 15.4 Å². The van der Waals surface area contributed by atoms with Crippen LogP contribution in [0.2, 0.25) is 0 Å². The summed E-state index contributed by atoms with van der Waals surface area (Å²) < 4.78 is 4.68. The summed E-state index contributed by atoms with van der Waals surface area (Å²) in [6, 6.07) is -1.00. The fourth-order valence-electron chi connectivity index (χ4n) is 1.84. The van der Waals surface area contributed by atoms with Crippen molar-refractivity contribution >= 4 is 11.9 Å². The largest absolute Gasteiger partial charge is 0.467 e. The molecule has 5 heteroatoms. The van der Waals surface area contributed by atoms with E-state index < -0.39 is 12.1 Å². The highest BCUT2D eigenvalue weighted by Crippen LogP contribution is 2.18. The van der Waals surface area contributed by atoms with Crippen molar-refractivity contribution in [3.63, 3.8) is 0 Å². The molecule has 0 aliphatic carbocycles. The Morgan fingerprint density at radius 3 is 2.67 bits per heavy atom. The highest BCUT2D eigenvalue weighted by atomic mass is 16.5. The van der Waals surface area contributed by atoms with Gasteiger partial charge in [-0.3, -0.25) is 4.79 Å². The van der Waals surface area contributed by atoms with E-state index in [-0.39, 0.29) is 11.9 Å². The van der Waals surface area contributed by atoms with Gasteiger partial charge in [0.15, 0.2) is 0 Å². The van der Waals surface area contributed by atoms with Gasteiger partial charge in [-0.05, 0) is 26.2 Å². The molecular weight excluding hydrogens is 196 g/mol. The van der Waals surface area contributed by atoms with Crippen molar-refractivity contribution in [1.82, 2.24) is 4.90 Å². The molecule has 0 saturated carbocycles. The van der Waals surface area contributed by atoms with Gasteiger partial charge in [-0.2, -0.15) is 0 Å². The Morgan fingerprint density at radius 2 is 2.13 bits per heavy atom. The van der Waals surface area contributed by atoms with E-state index in [9.17, 15) is 9.59 Å². The minimum Gasteiger partial charge on any atom is -0.467 e. The molecular formula is C10H18N2O3. The highest BCUT2D eigenvalue weighted by Gasteiger charge is 2.33. The molecule has 0 bridgehead atoms. The number of nitrogens with zero attached hydrogens (tertiary/aromatic N) is 1. The number of carbonyl (C=O) groups excluding carboxylic acids is 2. The molecule has 2 N–H and O–H groups in total. The van der Waals surface area contributed by atoms with Crippen molar-refractivity contribution < 1.29 is 14.3 Å². The lowest BCUT2D eigenvalue weighted by Crippen LogP contribution is -2.53. The molecule has 0 aromatic rings. The van der Waals surface area contributed by atoms with Crippen LogP contribution in [0.25, 0.3) is 0 Å². The molecule has 0 spiro atoms. The Balaban J connectivity index is 2.73. The summed E-state index contributed by atoms with van der Waals surface area (Å²) in [6.07, 6.45) is 2.54. The van der Waals surface area contributed by atoms with E-state index in [0.717, 1.165) is 12.8 Å². The zero-order valence-corrected chi connectivity index (χ0v) is 9.23. The maximum atomic E-state index is 11.7. The first-order valence-corrected chi connectivity index (χ1v) is 5.21. The minimum atomic E-state index is -0.560. The lowest BCUT2D eigenvalue weighted by Gasteiger charge is -2.34. The Kier molecular flexibility index (Phi) is 4.08. The van der Waals surface area contributed by atoms with Crippen LogP contribution in [-0.2, 0) is 14.3 Å². The van der Waals surface area contributed by atoms with Gasteiger partial charge in [0.05, 0.1) is 13.2 Å². The molecule has 0 aromatic heterocycles. The van der Waals surface area contributed by atoms with Crippen LogP contribution in [0.3, 0.4) is 0 Å². The molecule has 1 aliphatic heterocycles. The summed E-state index contributed by atoms with van der Waals surface area (Å²) in [5.74, 6) is -0.520. The maximum absolute atomic E-state index is 11.7. The molecule has 1 rings (SSSR count). The van der Waals surface area contributed by atoms with Gasteiger partial charge >= 0.3 is 5.97 Å². The smallest absolute Gasteiger partial charge is 0.328 e. The van der Waals surface area contributed by atoms with Gasteiger partial charge in [0.25, 0.3) is 0 Å². The van der Waals surface area contributed by atoms with Crippen LogP contribution in [0, 0.1) is 0 Å². The van der Waals surface area contributed by atoms with Gasteiger partial charge in [-0.25, -0.2) is 4.79 Å². The van der Waals surface area contributed by atoms with Crippen molar-refractivity contribution in [3.05, 3.63) is 0 Å². The highest BCUT2D eigenvalue weighted by molar-refractivity contribution is 5.87. The van der Waals surface area contributed by atoms with Crippen LogP contribution >= 0.6 is 0 Å².